The second kappa shape index (κ2) is 10.4. The van der Waals surface area contributed by atoms with Crippen LogP contribution in [0.3, 0.4) is 0 Å². The van der Waals surface area contributed by atoms with Crippen LogP contribution in [0.4, 0.5) is 0 Å². The summed E-state index contributed by atoms with van der Waals surface area (Å²) in [6, 6.07) is -4.94. The molecule has 0 aromatic carbocycles. The van der Waals surface area contributed by atoms with Gasteiger partial charge < -0.3 is 37.2 Å². The van der Waals surface area contributed by atoms with Gasteiger partial charge in [-0.1, -0.05) is 0 Å². The monoisotopic (exact) mass is 415 g/mol. The number of carboxylic acids is 2. The van der Waals surface area contributed by atoms with Crippen LogP contribution in [0.15, 0.2) is 0 Å². The molecule has 0 saturated carbocycles. The van der Waals surface area contributed by atoms with E-state index in [2.05, 4.69) is 10.6 Å². The molecule has 1 rings (SSSR count). The number of aliphatic carboxylic acids is 2. The Morgan fingerprint density at radius 1 is 1.10 bits per heavy atom. The number of carboxylic acid groups (broad SMARTS) is 2. The molecule has 13 nitrogen and oxygen atoms in total. The van der Waals surface area contributed by atoms with Crippen molar-refractivity contribution in [3.05, 3.63) is 0 Å². The van der Waals surface area contributed by atoms with Crippen molar-refractivity contribution >= 4 is 35.6 Å². The fourth-order valence-electron chi connectivity index (χ4n) is 2.89. The first-order valence-corrected chi connectivity index (χ1v) is 8.83. The summed E-state index contributed by atoms with van der Waals surface area (Å²) in [5.74, 6) is -5.86. The zero-order valence-corrected chi connectivity index (χ0v) is 15.8. The maximum atomic E-state index is 12.6. The molecule has 0 radical (unpaired) electrons. The minimum absolute atomic E-state index is 0.196. The van der Waals surface area contributed by atoms with Crippen molar-refractivity contribution in [3.63, 3.8) is 0 Å². The fourth-order valence-corrected chi connectivity index (χ4v) is 2.89. The molecule has 0 aromatic heterocycles. The lowest BCUT2D eigenvalue weighted by atomic mass is 10.1. The third-order valence-electron chi connectivity index (χ3n) is 4.32. The zero-order valence-electron chi connectivity index (χ0n) is 15.8. The Morgan fingerprint density at radius 2 is 1.72 bits per heavy atom. The van der Waals surface area contributed by atoms with Crippen molar-refractivity contribution < 1.29 is 39.0 Å². The van der Waals surface area contributed by atoms with Gasteiger partial charge in [0.2, 0.25) is 23.6 Å². The van der Waals surface area contributed by atoms with Crippen molar-refractivity contribution in [3.8, 4) is 0 Å². The smallest absolute Gasteiger partial charge is 0.326 e. The molecule has 4 amide bonds. The van der Waals surface area contributed by atoms with Crippen molar-refractivity contribution in [2.45, 2.75) is 56.8 Å². The first kappa shape index (κ1) is 23.8. The van der Waals surface area contributed by atoms with Crippen molar-refractivity contribution in [1.82, 2.24) is 15.5 Å². The molecule has 1 saturated heterocycles. The summed E-state index contributed by atoms with van der Waals surface area (Å²) < 4.78 is 0. The van der Waals surface area contributed by atoms with Crippen LogP contribution < -0.4 is 22.1 Å². The Labute approximate surface area is 165 Å². The van der Waals surface area contributed by atoms with Gasteiger partial charge in [-0.3, -0.25) is 24.0 Å². The Hall–Kier alpha value is -3.22. The quantitative estimate of drug-likeness (QED) is 0.210. The van der Waals surface area contributed by atoms with Gasteiger partial charge in [-0.25, -0.2) is 4.79 Å². The molecule has 162 valence electrons. The minimum Gasteiger partial charge on any atom is -0.481 e. The topological polar surface area (TPSA) is 222 Å². The summed E-state index contributed by atoms with van der Waals surface area (Å²) in [6.45, 7) is 1.57. The molecular formula is C16H25N5O8. The maximum Gasteiger partial charge on any atom is 0.326 e. The van der Waals surface area contributed by atoms with E-state index in [1.807, 2.05) is 0 Å². The second-order valence-electron chi connectivity index (χ2n) is 6.69. The first-order chi connectivity index (χ1) is 13.4. The summed E-state index contributed by atoms with van der Waals surface area (Å²) in [6.07, 6.45) is -0.505. The molecular weight excluding hydrogens is 390 g/mol. The second-order valence-corrected chi connectivity index (χ2v) is 6.69. The molecule has 0 spiro atoms. The molecule has 0 aromatic rings. The van der Waals surface area contributed by atoms with E-state index in [0.29, 0.717) is 6.42 Å². The van der Waals surface area contributed by atoms with E-state index >= 15 is 0 Å². The lowest BCUT2D eigenvalue weighted by Gasteiger charge is -2.28. The number of primary amides is 1. The number of rotatable bonds is 10. The number of hydrogen-bond donors (Lipinski definition) is 6. The van der Waals surface area contributed by atoms with Gasteiger partial charge in [0.1, 0.15) is 18.1 Å². The average molecular weight is 415 g/mol. The molecule has 29 heavy (non-hydrogen) atoms. The van der Waals surface area contributed by atoms with Gasteiger partial charge in [0.05, 0.1) is 18.9 Å². The predicted molar refractivity (Wildman–Crippen MR) is 95.9 cm³/mol. The van der Waals surface area contributed by atoms with E-state index < -0.39 is 72.6 Å². The summed E-state index contributed by atoms with van der Waals surface area (Å²) in [4.78, 5) is 70.8. The standard InChI is InChI=1S/C16H25N5O8/c1-7(19-13(25)8(17)5-11(18)22)15(27)21-4-2-3-10(21)14(26)20-9(16(28)29)6-12(23)24/h7-10H,2-6,17H2,1H3,(H2,18,22)(H,19,25)(H,20,26)(H,23,24)(H,28,29). The number of hydrogen-bond acceptors (Lipinski definition) is 7. The summed E-state index contributed by atoms with van der Waals surface area (Å²) in [5, 5.41) is 22.3. The fraction of sp³-hybridized carbons (Fsp3) is 0.625. The Kier molecular flexibility index (Phi) is 8.51. The zero-order chi connectivity index (χ0) is 22.3. The first-order valence-electron chi connectivity index (χ1n) is 8.83. The van der Waals surface area contributed by atoms with Gasteiger partial charge in [-0.15, -0.1) is 0 Å². The van der Waals surface area contributed by atoms with Gasteiger partial charge in [0, 0.05) is 6.54 Å². The van der Waals surface area contributed by atoms with Crippen molar-refractivity contribution in [2.24, 2.45) is 11.5 Å². The van der Waals surface area contributed by atoms with Crippen LogP contribution in [0.25, 0.3) is 0 Å². The summed E-state index contributed by atoms with van der Waals surface area (Å²) in [5.41, 5.74) is 10.5. The van der Waals surface area contributed by atoms with Gasteiger partial charge in [0.25, 0.3) is 0 Å². The highest BCUT2D eigenvalue weighted by Crippen LogP contribution is 2.19. The predicted octanol–water partition coefficient (Wildman–Crippen LogP) is -3.27. The number of nitrogens with zero attached hydrogens (tertiary/aromatic N) is 1. The van der Waals surface area contributed by atoms with Crippen LogP contribution in [0.1, 0.15) is 32.6 Å². The van der Waals surface area contributed by atoms with Gasteiger partial charge in [0.15, 0.2) is 0 Å². The Balaban J connectivity index is 2.76. The molecule has 4 atom stereocenters. The van der Waals surface area contributed by atoms with Crippen LogP contribution >= 0.6 is 0 Å². The van der Waals surface area contributed by atoms with Gasteiger partial charge >= 0.3 is 11.9 Å². The number of nitrogens with one attached hydrogen (secondary N) is 2. The minimum atomic E-state index is -1.64. The molecule has 4 unspecified atom stereocenters. The van der Waals surface area contributed by atoms with Crippen LogP contribution in [0.2, 0.25) is 0 Å². The van der Waals surface area contributed by atoms with E-state index in [4.69, 9.17) is 21.7 Å². The van der Waals surface area contributed by atoms with Crippen molar-refractivity contribution in [2.75, 3.05) is 6.54 Å². The molecule has 0 bridgehead atoms. The van der Waals surface area contributed by atoms with E-state index in [-0.39, 0.29) is 13.0 Å². The maximum absolute atomic E-state index is 12.6. The SMILES string of the molecule is CC(NC(=O)C(N)CC(N)=O)C(=O)N1CCCC1C(=O)NC(CC(=O)O)C(=O)O. The van der Waals surface area contributed by atoms with Crippen LogP contribution in [-0.4, -0.2) is 81.4 Å². The summed E-state index contributed by atoms with van der Waals surface area (Å²) in [7, 11) is 0. The number of likely N-dealkylation sites (tertiary alicyclic amines) is 1. The third kappa shape index (κ3) is 7.03. The third-order valence-corrected chi connectivity index (χ3v) is 4.32. The normalized spacial score (nSPS) is 19.0. The van der Waals surface area contributed by atoms with E-state index in [1.54, 1.807) is 0 Å². The molecule has 13 heteroatoms. The molecule has 1 heterocycles. The number of carbonyl (C=O) groups excluding carboxylic acids is 4. The lowest BCUT2D eigenvalue weighted by Crippen LogP contribution is -2.56. The van der Waals surface area contributed by atoms with E-state index in [0.717, 1.165) is 0 Å². The number of amides is 4. The highest BCUT2D eigenvalue weighted by atomic mass is 16.4. The van der Waals surface area contributed by atoms with Crippen LogP contribution in [0.5, 0.6) is 0 Å². The average Bonchev–Trinajstić information content (AvgIpc) is 3.08. The van der Waals surface area contributed by atoms with E-state index in [9.17, 15) is 28.8 Å². The van der Waals surface area contributed by atoms with Crippen LogP contribution in [0, 0.1) is 0 Å². The highest BCUT2D eigenvalue weighted by molar-refractivity contribution is 5.95. The van der Waals surface area contributed by atoms with Gasteiger partial charge in [-0.2, -0.15) is 0 Å². The molecule has 1 aliphatic heterocycles. The molecule has 8 N–H and O–H groups in total. The largest absolute Gasteiger partial charge is 0.481 e. The van der Waals surface area contributed by atoms with Crippen LogP contribution in [-0.2, 0) is 28.8 Å². The molecule has 1 aliphatic rings. The molecule has 1 fully saturated rings. The Morgan fingerprint density at radius 3 is 2.24 bits per heavy atom. The van der Waals surface area contributed by atoms with Gasteiger partial charge in [-0.05, 0) is 19.8 Å². The van der Waals surface area contributed by atoms with Crippen molar-refractivity contribution in [1.29, 1.82) is 0 Å². The summed E-state index contributed by atoms with van der Waals surface area (Å²) >= 11 is 0. The lowest BCUT2D eigenvalue weighted by molar-refractivity contribution is -0.148. The van der Waals surface area contributed by atoms with E-state index in [1.165, 1.54) is 11.8 Å². The highest BCUT2D eigenvalue weighted by Gasteiger charge is 2.38. The number of carbonyl (C=O) groups is 6. The number of nitrogens with two attached hydrogens (primary N) is 2. The molecule has 0 aliphatic carbocycles. The Bertz CT molecular complexity index is 697.